The second-order valence-corrected chi connectivity index (χ2v) is 5.64. The first-order valence-electron chi connectivity index (χ1n) is 6.31. The van der Waals surface area contributed by atoms with E-state index in [0.717, 1.165) is 12.8 Å². The van der Waals surface area contributed by atoms with E-state index in [1.807, 2.05) is 33.8 Å². The first kappa shape index (κ1) is 14.8. The van der Waals surface area contributed by atoms with Gasteiger partial charge in [-0.1, -0.05) is 6.92 Å². The summed E-state index contributed by atoms with van der Waals surface area (Å²) in [4.78, 5) is 13.6. The van der Waals surface area contributed by atoms with Crippen molar-refractivity contribution in [2.75, 3.05) is 19.7 Å². The second kappa shape index (κ2) is 5.57. The molecule has 0 aromatic heterocycles. The van der Waals surface area contributed by atoms with Gasteiger partial charge in [-0.2, -0.15) is 5.26 Å². The molecule has 1 unspecified atom stereocenters. The topological polar surface area (TPSA) is 62.6 Å². The molecule has 1 amide bonds. The maximum Gasteiger partial charge on any atom is 0.410 e. The molecule has 1 fully saturated rings. The fraction of sp³-hybridized carbons (Fsp3) is 0.846. The molecular formula is C13H22N2O3. The summed E-state index contributed by atoms with van der Waals surface area (Å²) in [5, 5.41) is 8.58. The van der Waals surface area contributed by atoms with Gasteiger partial charge in [-0.15, -0.1) is 0 Å². The Labute approximate surface area is 109 Å². The lowest BCUT2D eigenvalue weighted by Gasteiger charge is -2.28. The van der Waals surface area contributed by atoms with Crippen molar-refractivity contribution in [1.29, 1.82) is 5.26 Å². The molecule has 0 saturated carbocycles. The van der Waals surface area contributed by atoms with E-state index < -0.39 is 5.60 Å². The predicted octanol–water partition coefficient (Wildman–Crippen LogP) is 2.32. The van der Waals surface area contributed by atoms with Crippen molar-refractivity contribution in [1.82, 2.24) is 4.90 Å². The number of likely N-dealkylation sites (tertiary alicyclic amines) is 1. The van der Waals surface area contributed by atoms with Gasteiger partial charge < -0.3 is 14.4 Å². The van der Waals surface area contributed by atoms with Crippen molar-refractivity contribution in [3.05, 3.63) is 0 Å². The molecule has 1 aliphatic rings. The minimum Gasteiger partial charge on any atom is -0.444 e. The van der Waals surface area contributed by atoms with E-state index in [4.69, 9.17) is 14.7 Å². The van der Waals surface area contributed by atoms with Crippen LogP contribution >= 0.6 is 0 Å². The van der Waals surface area contributed by atoms with Crippen molar-refractivity contribution in [2.24, 2.45) is 0 Å². The van der Waals surface area contributed by atoms with Gasteiger partial charge in [-0.25, -0.2) is 4.79 Å². The van der Waals surface area contributed by atoms with Crippen LogP contribution < -0.4 is 0 Å². The maximum atomic E-state index is 11.9. The van der Waals surface area contributed by atoms with Crippen LogP contribution in [-0.4, -0.2) is 41.9 Å². The second-order valence-electron chi connectivity index (χ2n) is 5.64. The summed E-state index contributed by atoms with van der Waals surface area (Å²) in [6.07, 6.45) is 1.23. The summed E-state index contributed by atoms with van der Waals surface area (Å²) in [7, 11) is 0. The van der Waals surface area contributed by atoms with E-state index in [1.165, 1.54) is 0 Å². The Kier molecular flexibility index (Phi) is 4.58. The van der Waals surface area contributed by atoms with Crippen LogP contribution in [0.1, 0.15) is 40.5 Å². The van der Waals surface area contributed by atoms with Crippen LogP contribution in [0, 0.1) is 11.3 Å². The molecule has 1 rings (SSSR count). The Morgan fingerprint density at radius 2 is 2.17 bits per heavy atom. The average Bonchev–Trinajstić information content (AvgIpc) is 2.69. The Hall–Kier alpha value is -1.28. The molecule has 1 heterocycles. The van der Waals surface area contributed by atoms with Gasteiger partial charge in [-0.05, 0) is 33.6 Å². The van der Waals surface area contributed by atoms with Crippen LogP contribution in [0.5, 0.6) is 0 Å². The zero-order valence-electron chi connectivity index (χ0n) is 11.7. The highest BCUT2D eigenvalue weighted by molar-refractivity contribution is 5.68. The quantitative estimate of drug-likeness (QED) is 0.775. The molecule has 18 heavy (non-hydrogen) atoms. The Morgan fingerprint density at radius 1 is 1.50 bits per heavy atom. The molecule has 1 aliphatic heterocycles. The normalized spacial score (nSPS) is 23.8. The molecule has 0 aromatic carbocycles. The molecule has 0 N–H and O–H groups in total. The summed E-state index contributed by atoms with van der Waals surface area (Å²) in [5.41, 5.74) is -0.866. The van der Waals surface area contributed by atoms with Crippen molar-refractivity contribution in [3.63, 3.8) is 0 Å². The number of ether oxygens (including phenoxy) is 2. The third-order valence-electron chi connectivity index (χ3n) is 3.06. The van der Waals surface area contributed by atoms with E-state index in [9.17, 15) is 4.79 Å². The van der Waals surface area contributed by atoms with Crippen LogP contribution in [0.4, 0.5) is 4.79 Å². The minimum atomic E-state index is -0.484. The number of nitriles is 1. The lowest BCUT2D eigenvalue weighted by Crippen LogP contribution is -2.40. The van der Waals surface area contributed by atoms with E-state index >= 15 is 0 Å². The number of hydrogen-bond acceptors (Lipinski definition) is 4. The molecule has 0 radical (unpaired) electrons. The van der Waals surface area contributed by atoms with Crippen LogP contribution in [0.2, 0.25) is 0 Å². The molecule has 5 nitrogen and oxygen atoms in total. The fourth-order valence-electron chi connectivity index (χ4n) is 2.02. The lowest BCUT2D eigenvalue weighted by atomic mass is 10.00. The molecule has 5 heteroatoms. The van der Waals surface area contributed by atoms with Crippen LogP contribution in [0.3, 0.4) is 0 Å². The summed E-state index contributed by atoms with van der Waals surface area (Å²) >= 11 is 0. The zero-order chi connectivity index (χ0) is 13.8. The maximum absolute atomic E-state index is 11.9. The third-order valence-corrected chi connectivity index (χ3v) is 3.06. The van der Waals surface area contributed by atoms with Gasteiger partial charge in [0.1, 0.15) is 12.2 Å². The number of carbonyl (C=O) groups is 1. The molecule has 0 spiro atoms. The van der Waals surface area contributed by atoms with Crippen LogP contribution in [0.25, 0.3) is 0 Å². The third kappa shape index (κ3) is 3.88. The summed E-state index contributed by atoms with van der Waals surface area (Å²) in [6.45, 7) is 8.74. The van der Waals surface area contributed by atoms with Gasteiger partial charge in [0, 0.05) is 6.54 Å². The van der Waals surface area contributed by atoms with Crippen molar-refractivity contribution >= 4 is 6.09 Å². The highest BCUT2D eigenvalue weighted by Gasteiger charge is 2.40. The molecule has 1 atom stereocenters. The largest absolute Gasteiger partial charge is 0.444 e. The van der Waals surface area contributed by atoms with Crippen molar-refractivity contribution in [2.45, 2.75) is 51.7 Å². The van der Waals surface area contributed by atoms with Gasteiger partial charge in [0.25, 0.3) is 0 Å². The summed E-state index contributed by atoms with van der Waals surface area (Å²) < 4.78 is 10.9. The Balaban J connectivity index is 2.59. The van der Waals surface area contributed by atoms with Gasteiger partial charge in [-0.3, -0.25) is 0 Å². The molecule has 0 aliphatic carbocycles. The van der Waals surface area contributed by atoms with Crippen LogP contribution in [0.15, 0.2) is 0 Å². The molecule has 0 aromatic rings. The smallest absolute Gasteiger partial charge is 0.410 e. The predicted molar refractivity (Wildman–Crippen MR) is 67.0 cm³/mol. The highest BCUT2D eigenvalue weighted by Crippen LogP contribution is 2.29. The Morgan fingerprint density at radius 3 is 2.67 bits per heavy atom. The van der Waals surface area contributed by atoms with E-state index in [0.29, 0.717) is 13.1 Å². The molecule has 1 saturated heterocycles. The van der Waals surface area contributed by atoms with Crippen LogP contribution in [-0.2, 0) is 9.47 Å². The van der Waals surface area contributed by atoms with Gasteiger partial charge >= 0.3 is 6.09 Å². The fourth-order valence-corrected chi connectivity index (χ4v) is 2.02. The number of nitrogens with zero attached hydrogens (tertiary/aromatic N) is 2. The molecular weight excluding hydrogens is 232 g/mol. The van der Waals surface area contributed by atoms with E-state index in [2.05, 4.69) is 0 Å². The monoisotopic (exact) mass is 254 g/mol. The standard InChI is InChI=1S/C13H22N2O3/c1-5-13(17-9-7-14)6-8-15(10-13)11(16)18-12(2,3)4/h5-6,8-10H2,1-4H3. The first-order valence-corrected chi connectivity index (χ1v) is 6.31. The number of hydrogen-bond donors (Lipinski definition) is 0. The van der Waals surface area contributed by atoms with Gasteiger partial charge in [0.05, 0.1) is 18.2 Å². The number of carbonyl (C=O) groups excluding carboxylic acids is 1. The number of rotatable bonds is 3. The average molecular weight is 254 g/mol. The number of amides is 1. The summed E-state index contributed by atoms with van der Waals surface area (Å²) in [6, 6.07) is 1.98. The summed E-state index contributed by atoms with van der Waals surface area (Å²) in [5.74, 6) is 0. The molecule has 102 valence electrons. The lowest BCUT2D eigenvalue weighted by molar-refractivity contribution is -0.0273. The Bertz CT molecular complexity index is 343. The van der Waals surface area contributed by atoms with E-state index in [-0.39, 0.29) is 18.3 Å². The van der Waals surface area contributed by atoms with E-state index in [1.54, 1.807) is 4.90 Å². The SMILES string of the molecule is CCC1(OCC#N)CCN(C(=O)OC(C)(C)C)C1. The highest BCUT2D eigenvalue weighted by atomic mass is 16.6. The first-order chi connectivity index (χ1) is 8.32. The minimum absolute atomic E-state index is 0.0655. The van der Waals surface area contributed by atoms with Gasteiger partial charge in [0.2, 0.25) is 0 Å². The van der Waals surface area contributed by atoms with Crippen molar-refractivity contribution < 1.29 is 14.3 Å². The molecule has 0 bridgehead atoms. The van der Waals surface area contributed by atoms with Crippen molar-refractivity contribution in [3.8, 4) is 6.07 Å². The zero-order valence-corrected chi connectivity index (χ0v) is 11.7. The van der Waals surface area contributed by atoms with Gasteiger partial charge in [0.15, 0.2) is 0 Å².